The van der Waals surface area contributed by atoms with E-state index < -0.39 is 0 Å². The fourth-order valence-corrected chi connectivity index (χ4v) is 2.40. The fourth-order valence-electron chi connectivity index (χ4n) is 2.40. The van der Waals surface area contributed by atoms with Gasteiger partial charge in [0.2, 0.25) is 0 Å². The maximum Gasteiger partial charge on any atom is 0.0347 e. The Balaban J connectivity index is 2.67. The summed E-state index contributed by atoms with van der Waals surface area (Å²) >= 11 is 0. The van der Waals surface area contributed by atoms with E-state index in [9.17, 15) is 0 Å². The Labute approximate surface area is 110 Å². The van der Waals surface area contributed by atoms with Gasteiger partial charge in [-0.2, -0.15) is 0 Å². The van der Waals surface area contributed by atoms with Crippen molar-refractivity contribution in [3.63, 3.8) is 0 Å². The summed E-state index contributed by atoms with van der Waals surface area (Å²) in [6, 6.07) is 0. The molecule has 0 atom stereocenters. The number of allylic oxidation sites excluding steroid dienone is 1. The van der Waals surface area contributed by atoms with Crippen LogP contribution in [0.25, 0.3) is 11.6 Å². The van der Waals surface area contributed by atoms with Gasteiger partial charge in [0.1, 0.15) is 0 Å². The first-order chi connectivity index (χ1) is 8.61. The van der Waals surface area contributed by atoms with Gasteiger partial charge in [0.05, 0.1) is 0 Å². The molecule has 18 heavy (non-hydrogen) atoms. The molecule has 2 nitrogen and oxygen atoms in total. The first kappa shape index (κ1) is 12.9. The molecule has 0 saturated carbocycles. The highest BCUT2D eigenvalue weighted by molar-refractivity contribution is 5.78. The standard InChI is InChI=1S/C16H22N2/c1-11(2)14-6-8-17-7-5-13-9-18-10-15(12(3)4)16(13)14/h5-7,9-12,17H,8H2,1-4H3/b7-5-,14-6-. The highest BCUT2D eigenvalue weighted by Crippen LogP contribution is 2.33. The molecule has 1 aliphatic heterocycles. The van der Waals surface area contributed by atoms with Gasteiger partial charge in [0.15, 0.2) is 0 Å². The molecule has 0 radical (unpaired) electrons. The van der Waals surface area contributed by atoms with Gasteiger partial charge in [-0.15, -0.1) is 0 Å². The number of nitrogens with zero attached hydrogens (tertiary/aromatic N) is 1. The van der Waals surface area contributed by atoms with E-state index in [2.05, 4.69) is 50.1 Å². The highest BCUT2D eigenvalue weighted by Gasteiger charge is 2.17. The molecule has 0 aliphatic carbocycles. The van der Waals surface area contributed by atoms with Crippen molar-refractivity contribution >= 4 is 11.6 Å². The summed E-state index contributed by atoms with van der Waals surface area (Å²) in [7, 11) is 0. The number of rotatable bonds is 2. The van der Waals surface area contributed by atoms with Crippen LogP contribution < -0.4 is 5.32 Å². The topological polar surface area (TPSA) is 24.9 Å². The number of pyridine rings is 1. The molecule has 96 valence electrons. The predicted molar refractivity (Wildman–Crippen MR) is 78.2 cm³/mol. The predicted octanol–water partition coefficient (Wildman–Crippen LogP) is 3.82. The van der Waals surface area contributed by atoms with Crippen LogP contribution in [0.2, 0.25) is 0 Å². The summed E-state index contributed by atoms with van der Waals surface area (Å²) in [5.41, 5.74) is 5.37. The molecule has 2 heterocycles. The SMILES string of the molecule is CC(C)/C1=C/CN/C=C\c2cncc(C(C)C)c21. The molecule has 1 aromatic rings. The number of nitrogens with one attached hydrogen (secondary N) is 1. The van der Waals surface area contributed by atoms with E-state index in [1.165, 1.54) is 22.3 Å². The smallest absolute Gasteiger partial charge is 0.0347 e. The van der Waals surface area contributed by atoms with Crippen molar-refractivity contribution in [1.82, 2.24) is 10.3 Å². The summed E-state index contributed by atoms with van der Waals surface area (Å²) in [5.74, 6) is 1.02. The largest absolute Gasteiger partial charge is 0.387 e. The molecule has 1 N–H and O–H groups in total. The lowest BCUT2D eigenvalue weighted by molar-refractivity contribution is 0.817. The molecule has 1 aliphatic rings. The Morgan fingerprint density at radius 3 is 2.56 bits per heavy atom. The summed E-state index contributed by atoms with van der Waals surface area (Å²) in [4.78, 5) is 4.38. The van der Waals surface area contributed by atoms with Gasteiger partial charge in [0, 0.05) is 24.5 Å². The van der Waals surface area contributed by atoms with Gasteiger partial charge >= 0.3 is 0 Å². The van der Waals surface area contributed by atoms with Gasteiger partial charge in [-0.25, -0.2) is 0 Å². The van der Waals surface area contributed by atoms with Crippen molar-refractivity contribution in [2.45, 2.75) is 33.6 Å². The third-order valence-electron chi connectivity index (χ3n) is 3.36. The third-order valence-corrected chi connectivity index (χ3v) is 3.36. The maximum atomic E-state index is 4.38. The summed E-state index contributed by atoms with van der Waals surface area (Å²) in [6.45, 7) is 9.87. The second kappa shape index (κ2) is 5.38. The quantitative estimate of drug-likeness (QED) is 0.852. The molecule has 0 unspecified atom stereocenters. The average Bonchev–Trinajstić information content (AvgIpc) is 2.28. The Kier molecular flexibility index (Phi) is 3.85. The van der Waals surface area contributed by atoms with E-state index in [0.29, 0.717) is 11.8 Å². The van der Waals surface area contributed by atoms with Crippen LogP contribution in [0.1, 0.15) is 50.3 Å². The molecule has 0 amide bonds. The molecular formula is C16H22N2. The van der Waals surface area contributed by atoms with Crippen LogP contribution in [0.15, 0.2) is 24.7 Å². The van der Waals surface area contributed by atoms with Gasteiger partial charge in [0.25, 0.3) is 0 Å². The molecule has 2 heteroatoms. The van der Waals surface area contributed by atoms with Gasteiger partial charge in [-0.3, -0.25) is 4.98 Å². The van der Waals surface area contributed by atoms with E-state index in [0.717, 1.165) is 6.54 Å². The Morgan fingerprint density at radius 1 is 1.11 bits per heavy atom. The average molecular weight is 242 g/mol. The number of hydrogen-bond acceptors (Lipinski definition) is 2. The van der Waals surface area contributed by atoms with Crippen LogP contribution >= 0.6 is 0 Å². The van der Waals surface area contributed by atoms with Gasteiger partial charge < -0.3 is 5.32 Å². The van der Waals surface area contributed by atoms with Crippen molar-refractivity contribution in [3.8, 4) is 0 Å². The fraction of sp³-hybridized carbons (Fsp3) is 0.438. The second-order valence-corrected chi connectivity index (χ2v) is 5.40. The maximum absolute atomic E-state index is 4.38. The van der Waals surface area contributed by atoms with Crippen molar-refractivity contribution in [3.05, 3.63) is 41.4 Å². The van der Waals surface area contributed by atoms with Crippen LogP contribution in [0, 0.1) is 5.92 Å². The first-order valence-electron chi connectivity index (χ1n) is 6.69. The molecule has 2 rings (SSSR count). The molecule has 0 aromatic carbocycles. The molecule has 0 saturated heterocycles. The Morgan fingerprint density at radius 2 is 1.89 bits per heavy atom. The lowest BCUT2D eigenvalue weighted by Crippen LogP contribution is -2.11. The van der Waals surface area contributed by atoms with Crippen molar-refractivity contribution in [2.75, 3.05) is 6.54 Å². The van der Waals surface area contributed by atoms with Crippen LogP contribution in [0.5, 0.6) is 0 Å². The van der Waals surface area contributed by atoms with Crippen LogP contribution in [-0.4, -0.2) is 11.5 Å². The van der Waals surface area contributed by atoms with Crippen LogP contribution in [0.4, 0.5) is 0 Å². The first-order valence-corrected chi connectivity index (χ1v) is 6.69. The summed E-state index contributed by atoms with van der Waals surface area (Å²) in [5, 5.41) is 3.28. The number of fused-ring (bicyclic) bond motifs is 1. The van der Waals surface area contributed by atoms with Crippen molar-refractivity contribution in [1.29, 1.82) is 0 Å². The molecule has 1 aromatic heterocycles. The number of aromatic nitrogens is 1. The van der Waals surface area contributed by atoms with E-state index in [-0.39, 0.29) is 0 Å². The summed E-state index contributed by atoms with van der Waals surface area (Å²) < 4.78 is 0. The minimum atomic E-state index is 0.496. The minimum absolute atomic E-state index is 0.496. The van der Waals surface area contributed by atoms with Crippen molar-refractivity contribution in [2.24, 2.45) is 5.92 Å². The van der Waals surface area contributed by atoms with E-state index >= 15 is 0 Å². The lowest BCUT2D eigenvalue weighted by Gasteiger charge is -2.22. The van der Waals surface area contributed by atoms with Gasteiger partial charge in [-0.1, -0.05) is 33.8 Å². The second-order valence-electron chi connectivity index (χ2n) is 5.40. The molecule has 0 fully saturated rings. The van der Waals surface area contributed by atoms with E-state index in [1.807, 2.05) is 18.6 Å². The van der Waals surface area contributed by atoms with Gasteiger partial charge in [-0.05, 0) is 40.8 Å². The molecule has 0 spiro atoms. The van der Waals surface area contributed by atoms with Crippen molar-refractivity contribution < 1.29 is 0 Å². The summed E-state index contributed by atoms with van der Waals surface area (Å²) in [6.07, 6.45) is 10.4. The highest BCUT2D eigenvalue weighted by atomic mass is 14.8. The normalized spacial score (nSPS) is 19.6. The van der Waals surface area contributed by atoms with E-state index in [1.54, 1.807) is 0 Å². The number of hydrogen-bond donors (Lipinski definition) is 1. The van der Waals surface area contributed by atoms with Crippen LogP contribution in [-0.2, 0) is 0 Å². The Bertz CT molecular complexity index is 482. The monoisotopic (exact) mass is 242 g/mol. The van der Waals surface area contributed by atoms with Crippen LogP contribution in [0.3, 0.4) is 0 Å². The van der Waals surface area contributed by atoms with E-state index in [4.69, 9.17) is 0 Å². The zero-order valence-corrected chi connectivity index (χ0v) is 11.7. The molecule has 0 bridgehead atoms. The zero-order valence-electron chi connectivity index (χ0n) is 11.7. The minimum Gasteiger partial charge on any atom is -0.387 e. The Hall–Kier alpha value is -1.57. The molecular weight excluding hydrogens is 220 g/mol. The zero-order chi connectivity index (χ0) is 13.1. The third kappa shape index (κ3) is 2.47. The lowest BCUT2D eigenvalue weighted by atomic mass is 9.85.